The number of rotatable bonds is 7. The molecule has 1 N–H and O–H groups in total. The molecular weight excluding hydrogens is 396 g/mol. The largest absolute Gasteiger partial charge is 0.455 e. The van der Waals surface area contributed by atoms with Gasteiger partial charge in [0.15, 0.2) is 12.4 Å². The van der Waals surface area contributed by atoms with Crippen LogP contribution in [0.3, 0.4) is 0 Å². The van der Waals surface area contributed by atoms with Crippen molar-refractivity contribution in [3.8, 4) is 11.5 Å². The van der Waals surface area contributed by atoms with E-state index in [1.165, 1.54) is 0 Å². The zero-order valence-corrected chi connectivity index (χ0v) is 17.3. The molecule has 2 aliphatic rings. The first-order chi connectivity index (χ1) is 15.1. The predicted octanol–water partition coefficient (Wildman–Crippen LogP) is 3.75. The number of anilines is 1. The fourth-order valence-electron chi connectivity index (χ4n) is 4.17. The SMILES string of the molecule is O=C(COC(=O)[C@@H]1CC(=O)N(C2CCCC2)C1)Nc1ccccc1Oc1ccccc1. The van der Waals surface area contributed by atoms with Gasteiger partial charge in [-0.15, -0.1) is 0 Å². The van der Waals surface area contributed by atoms with Crippen LogP contribution in [0.1, 0.15) is 32.1 Å². The molecule has 0 aromatic heterocycles. The van der Waals surface area contributed by atoms with E-state index >= 15 is 0 Å². The Kier molecular flexibility index (Phi) is 6.50. The number of para-hydroxylation sites is 3. The Balaban J connectivity index is 1.29. The van der Waals surface area contributed by atoms with E-state index in [-0.39, 0.29) is 18.4 Å². The minimum atomic E-state index is -0.505. The lowest BCUT2D eigenvalue weighted by molar-refractivity contribution is -0.151. The monoisotopic (exact) mass is 422 g/mol. The van der Waals surface area contributed by atoms with Gasteiger partial charge in [0.2, 0.25) is 5.91 Å². The van der Waals surface area contributed by atoms with Crippen molar-refractivity contribution in [1.82, 2.24) is 4.90 Å². The fraction of sp³-hybridized carbons (Fsp3) is 0.375. The Bertz CT molecular complexity index is 940. The lowest BCUT2D eigenvalue weighted by Crippen LogP contribution is -2.35. The number of likely N-dealkylation sites (tertiary alicyclic amines) is 1. The summed E-state index contributed by atoms with van der Waals surface area (Å²) >= 11 is 0. The van der Waals surface area contributed by atoms with E-state index in [9.17, 15) is 14.4 Å². The lowest BCUT2D eigenvalue weighted by atomic mass is 10.1. The van der Waals surface area contributed by atoms with Crippen molar-refractivity contribution in [2.45, 2.75) is 38.1 Å². The molecule has 0 bridgehead atoms. The minimum absolute atomic E-state index is 0.00490. The van der Waals surface area contributed by atoms with Crippen LogP contribution in [0.25, 0.3) is 0 Å². The van der Waals surface area contributed by atoms with Crippen molar-refractivity contribution >= 4 is 23.5 Å². The maximum Gasteiger partial charge on any atom is 0.311 e. The highest BCUT2D eigenvalue weighted by Gasteiger charge is 2.39. The van der Waals surface area contributed by atoms with Crippen LogP contribution in [-0.4, -0.2) is 41.9 Å². The first-order valence-electron chi connectivity index (χ1n) is 10.7. The van der Waals surface area contributed by atoms with Crippen molar-refractivity contribution < 1.29 is 23.9 Å². The van der Waals surface area contributed by atoms with Gasteiger partial charge in [-0.05, 0) is 37.1 Å². The quantitative estimate of drug-likeness (QED) is 0.687. The molecule has 1 saturated heterocycles. The first kappa shape index (κ1) is 20.9. The molecule has 162 valence electrons. The number of benzene rings is 2. The van der Waals surface area contributed by atoms with Gasteiger partial charge in [-0.3, -0.25) is 14.4 Å². The summed E-state index contributed by atoms with van der Waals surface area (Å²) in [4.78, 5) is 38.8. The van der Waals surface area contributed by atoms with Crippen LogP contribution in [-0.2, 0) is 19.1 Å². The number of hydrogen-bond donors (Lipinski definition) is 1. The van der Waals surface area contributed by atoms with Crippen molar-refractivity contribution in [2.75, 3.05) is 18.5 Å². The van der Waals surface area contributed by atoms with Crippen LogP contribution in [0.4, 0.5) is 5.69 Å². The van der Waals surface area contributed by atoms with E-state index in [1.54, 1.807) is 24.3 Å². The standard InChI is InChI=1S/C24H26N2O5/c27-22(25-20-12-6-7-13-21(20)31-19-10-2-1-3-11-19)16-30-24(29)17-14-23(28)26(15-17)18-8-4-5-9-18/h1-3,6-7,10-13,17-18H,4-5,8-9,14-16H2,(H,25,27)/t17-/m1/s1. The third kappa shape index (κ3) is 5.23. The molecular formula is C24H26N2O5. The maximum absolute atomic E-state index is 12.4. The second-order valence-corrected chi connectivity index (χ2v) is 7.95. The van der Waals surface area contributed by atoms with Gasteiger partial charge in [-0.25, -0.2) is 0 Å². The molecule has 4 rings (SSSR count). The summed E-state index contributed by atoms with van der Waals surface area (Å²) in [6, 6.07) is 16.5. The Morgan fingerprint density at radius 1 is 1.00 bits per heavy atom. The van der Waals surface area contributed by atoms with Gasteiger partial charge in [-0.2, -0.15) is 0 Å². The zero-order chi connectivity index (χ0) is 21.6. The molecule has 1 heterocycles. The summed E-state index contributed by atoms with van der Waals surface area (Å²) in [6.45, 7) is -0.0235. The van der Waals surface area contributed by atoms with Gasteiger partial charge >= 0.3 is 5.97 Å². The number of nitrogens with zero attached hydrogens (tertiary/aromatic N) is 1. The molecule has 7 heteroatoms. The maximum atomic E-state index is 12.4. The predicted molar refractivity (Wildman–Crippen MR) is 115 cm³/mol. The van der Waals surface area contributed by atoms with E-state index < -0.39 is 24.4 Å². The fourth-order valence-corrected chi connectivity index (χ4v) is 4.17. The number of hydrogen-bond acceptors (Lipinski definition) is 5. The van der Waals surface area contributed by atoms with Crippen molar-refractivity contribution in [3.63, 3.8) is 0 Å². The van der Waals surface area contributed by atoms with Gasteiger partial charge in [0.1, 0.15) is 5.75 Å². The second-order valence-electron chi connectivity index (χ2n) is 7.95. The van der Waals surface area contributed by atoms with Gasteiger partial charge in [0.25, 0.3) is 5.91 Å². The van der Waals surface area contributed by atoms with Crippen molar-refractivity contribution in [3.05, 3.63) is 54.6 Å². The number of amides is 2. The molecule has 1 atom stereocenters. The summed E-state index contributed by atoms with van der Waals surface area (Å²) in [5, 5.41) is 2.72. The Morgan fingerprint density at radius 2 is 1.71 bits per heavy atom. The van der Waals surface area contributed by atoms with Gasteiger partial charge in [0.05, 0.1) is 11.6 Å². The van der Waals surface area contributed by atoms with E-state index in [2.05, 4.69) is 5.32 Å². The number of nitrogens with one attached hydrogen (secondary N) is 1. The summed E-state index contributed by atoms with van der Waals surface area (Å²) in [5.41, 5.74) is 0.482. The average molecular weight is 422 g/mol. The Morgan fingerprint density at radius 3 is 2.48 bits per heavy atom. The molecule has 1 aliphatic heterocycles. The molecule has 31 heavy (non-hydrogen) atoms. The Hall–Kier alpha value is -3.35. The number of carbonyl (C=O) groups is 3. The highest BCUT2D eigenvalue weighted by molar-refractivity contribution is 5.95. The third-order valence-corrected chi connectivity index (χ3v) is 5.73. The molecule has 2 fully saturated rings. The lowest BCUT2D eigenvalue weighted by Gasteiger charge is -2.23. The van der Waals surface area contributed by atoms with Crippen LogP contribution in [0.15, 0.2) is 54.6 Å². The molecule has 7 nitrogen and oxygen atoms in total. The molecule has 2 aromatic carbocycles. The van der Waals surface area contributed by atoms with E-state index in [0.29, 0.717) is 23.7 Å². The highest BCUT2D eigenvalue weighted by atomic mass is 16.5. The van der Waals surface area contributed by atoms with Crippen LogP contribution in [0, 0.1) is 5.92 Å². The summed E-state index contributed by atoms with van der Waals surface area (Å²) in [6.07, 6.45) is 4.41. The molecule has 0 radical (unpaired) electrons. The van der Waals surface area contributed by atoms with Gasteiger partial charge < -0.3 is 19.7 Å². The normalized spacial score (nSPS) is 18.8. The second kappa shape index (κ2) is 9.64. The Labute approximate surface area is 181 Å². The van der Waals surface area contributed by atoms with Crippen LogP contribution in [0.5, 0.6) is 11.5 Å². The van der Waals surface area contributed by atoms with Crippen molar-refractivity contribution in [2.24, 2.45) is 5.92 Å². The van der Waals surface area contributed by atoms with Crippen LogP contribution < -0.4 is 10.1 Å². The smallest absolute Gasteiger partial charge is 0.311 e. The summed E-state index contributed by atoms with van der Waals surface area (Å²) < 4.78 is 11.0. The molecule has 2 amide bonds. The number of ether oxygens (including phenoxy) is 2. The first-order valence-corrected chi connectivity index (χ1v) is 10.7. The van der Waals surface area contributed by atoms with Gasteiger partial charge in [-0.1, -0.05) is 43.2 Å². The van der Waals surface area contributed by atoms with E-state index in [0.717, 1.165) is 25.7 Å². The summed E-state index contributed by atoms with van der Waals surface area (Å²) in [5.74, 6) is -0.331. The molecule has 0 unspecified atom stereocenters. The molecule has 1 aliphatic carbocycles. The van der Waals surface area contributed by atoms with Crippen LogP contribution in [0.2, 0.25) is 0 Å². The van der Waals surface area contributed by atoms with Crippen LogP contribution >= 0.6 is 0 Å². The molecule has 2 aromatic rings. The molecule has 0 spiro atoms. The van der Waals surface area contributed by atoms with E-state index in [4.69, 9.17) is 9.47 Å². The highest BCUT2D eigenvalue weighted by Crippen LogP contribution is 2.30. The average Bonchev–Trinajstić information content (AvgIpc) is 3.44. The topological polar surface area (TPSA) is 84.9 Å². The zero-order valence-electron chi connectivity index (χ0n) is 17.3. The summed E-state index contributed by atoms with van der Waals surface area (Å²) in [7, 11) is 0. The number of carbonyl (C=O) groups excluding carboxylic acids is 3. The van der Waals surface area contributed by atoms with E-state index in [1.807, 2.05) is 35.2 Å². The molecule has 1 saturated carbocycles. The van der Waals surface area contributed by atoms with Crippen molar-refractivity contribution in [1.29, 1.82) is 0 Å². The minimum Gasteiger partial charge on any atom is -0.455 e. The number of esters is 1. The van der Waals surface area contributed by atoms with Gasteiger partial charge in [0, 0.05) is 19.0 Å². The third-order valence-electron chi connectivity index (χ3n) is 5.73.